The standard InChI is InChI=1S/C24H36N2O3/c1-18-7-6-10-22(19(18)2)29-17-24(28)26-15-13-21(14-16-26)25-23(27)12-11-20-8-4-3-5-9-20/h6-7,10,20-21H,3-5,8-9,11-17H2,1-2H3,(H,25,27). The average Bonchev–Trinajstić information content (AvgIpc) is 2.74. The first-order chi connectivity index (χ1) is 14.0. The predicted octanol–water partition coefficient (Wildman–Crippen LogP) is 4.15. The van der Waals surface area contributed by atoms with Gasteiger partial charge in [0.15, 0.2) is 6.61 Å². The zero-order valence-corrected chi connectivity index (χ0v) is 18.0. The maximum atomic E-state index is 12.5. The Morgan fingerprint density at radius 1 is 1.07 bits per heavy atom. The van der Waals surface area contributed by atoms with Crippen LogP contribution in [0.3, 0.4) is 0 Å². The molecule has 0 aromatic heterocycles. The number of hydrogen-bond acceptors (Lipinski definition) is 3. The Bertz CT molecular complexity index is 689. The molecular weight excluding hydrogens is 364 g/mol. The molecule has 0 atom stereocenters. The molecule has 1 aliphatic heterocycles. The fourth-order valence-electron chi connectivity index (χ4n) is 4.50. The quantitative estimate of drug-likeness (QED) is 0.748. The molecular formula is C24H36N2O3. The summed E-state index contributed by atoms with van der Waals surface area (Å²) in [7, 11) is 0. The van der Waals surface area contributed by atoms with E-state index in [0.717, 1.165) is 42.1 Å². The van der Waals surface area contributed by atoms with Gasteiger partial charge in [-0.25, -0.2) is 0 Å². The van der Waals surface area contributed by atoms with Crippen molar-refractivity contribution in [2.75, 3.05) is 19.7 Å². The molecule has 5 heteroatoms. The number of hydrogen-bond donors (Lipinski definition) is 1. The topological polar surface area (TPSA) is 58.6 Å². The molecule has 160 valence electrons. The van der Waals surface area contributed by atoms with Gasteiger partial charge < -0.3 is 15.0 Å². The Morgan fingerprint density at radius 3 is 2.52 bits per heavy atom. The lowest BCUT2D eigenvalue weighted by molar-refractivity contribution is -0.134. The Morgan fingerprint density at radius 2 is 1.79 bits per heavy atom. The van der Waals surface area contributed by atoms with Gasteiger partial charge in [-0.1, -0.05) is 44.2 Å². The summed E-state index contributed by atoms with van der Waals surface area (Å²) in [5.74, 6) is 1.72. The van der Waals surface area contributed by atoms with Gasteiger partial charge in [0.2, 0.25) is 5.91 Å². The minimum Gasteiger partial charge on any atom is -0.483 e. The summed E-state index contributed by atoms with van der Waals surface area (Å²) in [5, 5.41) is 3.18. The largest absolute Gasteiger partial charge is 0.483 e. The molecule has 0 bridgehead atoms. The Hall–Kier alpha value is -2.04. The maximum absolute atomic E-state index is 12.5. The van der Waals surface area contributed by atoms with Crippen molar-refractivity contribution >= 4 is 11.8 Å². The lowest BCUT2D eigenvalue weighted by Gasteiger charge is -2.32. The van der Waals surface area contributed by atoms with Crippen molar-refractivity contribution in [1.82, 2.24) is 10.2 Å². The second-order valence-corrected chi connectivity index (χ2v) is 8.75. The van der Waals surface area contributed by atoms with Crippen LogP contribution in [0.5, 0.6) is 5.75 Å². The van der Waals surface area contributed by atoms with Gasteiger partial charge in [0.05, 0.1) is 0 Å². The van der Waals surface area contributed by atoms with Crippen LogP contribution in [0, 0.1) is 19.8 Å². The Balaban J connectivity index is 1.34. The number of carbonyl (C=O) groups is 2. The minimum atomic E-state index is 0.0213. The number of ether oxygens (including phenoxy) is 1. The fraction of sp³-hybridized carbons (Fsp3) is 0.667. The number of aryl methyl sites for hydroxylation is 1. The van der Waals surface area contributed by atoms with Crippen molar-refractivity contribution in [3.8, 4) is 5.75 Å². The van der Waals surface area contributed by atoms with E-state index in [4.69, 9.17) is 4.74 Å². The average molecular weight is 401 g/mol. The molecule has 5 nitrogen and oxygen atoms in total. The number of piperidine rings is 1. The molecule has 2 fully saturated rings. The number of nitrogens with one attached hydrogen (secondary N) is 1. The van der Waals surface area contributed by atoms with E-state index in [9.17, 15) is 9.59 Å². The highest BCUT2D eigenvalue weighted by Gasteiger charge is 2.24. The molecule has 2 amide bonds. The van der Waals surface area contributed by atoms with E-state index < -0.39 is 0 Å². The first-order valence-corrected chi connectivity index (χ1v) is 11.3. The van der Waals surface area contributed by atoms with Crippen LogP contribution in [0.2, 0.25) is 0 Å². The second-order valence-electron chi connectivity index (χ2n) is 8.75. The van der Waals surface area contributed by atoms with Gasteiger partial charge in [-0.15, -0.1) is 0 Å². The van der Waals surface area contributed by atoms with Crippen LogP contribution >= 0.6 is 0 Å². The van der Waals surface area contributed by atoms with Gasteiger partial charge in [-0.3, -0.25) is 9.59 Å². The molecule has 1 heterocycles. The van der Waals surface area contributed by atoms with Gasteiger partial charge >= 0.3 is 0 Å². The van der Waals surface area contributed by atoms with Gasteiger partial charge in [0.1, 0.15) is 5.75 Å². The monoisotopic (exact) mass is 400 g/mol. The summed E-state index contributed by atoms with van der Waals surface area (Å²) in [5.41, 5.74) is 2.24. The normalized spacial score (nSPS) is 18.5. The van der Waals surface area contributed by atoms with Crippen LogP contribution in [0.25, 0.3) is 0 Å². The molecule has 1 aliphatic carbocycles. The third-order valence-electron chi connectivity index (χ3n) is 6.62. The van der Waals surface area contributed by atoms with Crippen LogP contribution in [0.4, 0.5) is 0 Å². The Kier molecular flexibility index (Phi) is 7.96. The summed E-state index contributed by atoms with van der Waals surface area (Å²) in [4.78, 5) is 26.6. The van der Waals surface area contributed by atoms with Crippen molar-refractivity contribution in [2.24, 2.45) is 5.92 Å². The van der Waals surface area contributed by atoms with Crippen LogP contribution in [-0.2, 0) is 9.59 Å². The summed E-state index contributed by atoms with van der Waals surface area (Å²) in [6, 6.07) is 6.09. The molecule has 1 saturated heterocycles. The number of carbonyl (C=O) groups excluding carboxylic acids is 2. The second kappa shape index (κ2) is 10.7. The lowest BCUT2D eigenvalue weighted by atomic mass is 9.86. The van der Waals surface area contributed by atoms with Crippen molar-refractivity contribution in [3.63, 3.8) is 0 Å². The van der Waals surface area contributed by atoms with Crippen molar-refractivity contribution in [1.29, 1.82) is 0 Å². The van der Waals surface area contributed by atoms with Crippen LogP contribution in [0.1, 0.15) is 68.9 Å². The van der Waals surface area contributed by atoms with Crippen LogP contribution < -0.4 is 10.1 Å². The predicted molar refractivity (Wildman–Crippen MR) is 115 cm³/mol. The smallest absolute Gasteiger partial charge is 0.260 e. The van der Waals surface area contributed by atoms with Crippen molar-refractivity contribution in [3.05, 3.63) is 29.3 Å². The lowest BCUT2D eigenvalue weighted by Crippen LogP contribution is -2.47. The van der Waals surface area contributed by atoms with Gasteiger partial charge in [0, 0.05) is 25.6 Å². The highest BCUT2D eigenvalue weighted by Crippen LogP contribution is 2.27. The van der Waals surface area contributed by atoms with Crippen LogP contribution in [0.15, 0.2) is 18.2 Å². The molecule has 1 aromatic rings. The molecule has 0 spiro atoms. The van der Waals surface area contributed by atoms with E-state index in [1.54, 1.807) is 0 Å². The van der Waals surface area contributed by atoms with E-state index in [1.165, 1.54) is 32.1 Å². The number of rotatable bonds is 7. The molecule has 2 aliphatic rings. The maximum Gasteiger partial charge on any atom is 0.260 e. The molecule has 0 radical (unpaired) electrons. The summed E-state index contributed by atoms with van der Waals surface area (Å²) >= 11 is 0. The summed E-state index contributed by atoms with van der Waals surface area (Å²) in [6.45, 7) is 5.49. The first-order valence-electron chi connectivity index (χ1n) is 11.3. The molecule has 1 saturated carbocycles. The molecule has 3 rings (SSSR count). The van der Waals surface area contributed by atoms with Gasteiger partial charge in [-0.05, 0) is 56.2 Å². The number of likely N-dealkylation sites (tertiary alicyclic amines) is 1. The van der Waals surface area contributed by atoms with Gasteiger partial charge in [0.25, 0.3) is 5.91 Å². The zero-order valence-electron chi connectivity index (χ0n) is 18.0. The minimum absolute atomic E-state index is 0.0213. The Labute approximate surface area is 175 Å². The summed E-state index contributed by atoms with van der Waals surface area (Å²) < 4.78 is 5.75. The zero-order chi connectivity index (χ0) is 20.6. The molecule has 0 unspecified atom stereocenters. The first kappa shape index (κ1) is 21.7. The SMILES string of the molecule is Cc1cccc(OCC(=O)N2CCC(NC(=O)CCC3CCCCC3)CC2)c1C. The summed E-state index contributed by atoms with van der Waals surface area (Å²) in [6.07, 6.45) is 9.91. The third-order valence-corrected chi connectivity index (χ3v) is 6.62. The highest BCUT2D eigenvalue weighted by atomic mass is 16.5. The molecule has 29 heavy (non-hydrogen) atoms. The van der Waals surface area contributed by atoms with E-state index in [2.05, 4.69) is 5.32 Å². The van der Waals surface area contributed by atoms with Gasteiger partial charge in [-0.2, -0.15) is 0 Å². The molecule has 1 N–H and O–H groups in total. The fourth-order valence-corrected chi connectivity index (χ4v) is 4.50. The van der Waals surface area contributed by atoms with E-state index in [0.29, 0.717) is 19.5 Å². The van der Waals surface area contributed by atoms with E-state index >= 15 is 0 Å². The number of nitrogens with zero attached hydrogens (tertiary/aromatic N) is 1. The van der Waals surface area contributed by atoms with Crippen LogP contribution in [-0.4, -0.2) is 42.5 Å². The number of amides is 2. The van der Waals surface area contributed by atoms with E-state index in [1.807, 2.05) is 36.9 Å². The van der Waals surface area contributed by atoms with E-state index in [-0.39, 0.29) is 24.5 Å². The van der Waals surface area contributed by atoms with Crippen molar-refractivity contribution in [2.45, 2.75) is 77.7 Å². The third kappa shape index (κ3) is 6.48. The number of benzene rings is 1. The molecule has 1 aromatic carbocycles. The van der Waals surface area contributed by atoms with Crippen molar-refractivity contribution < 1.29 is 14.3 Å². The highest BCUT2D eigenvalue weighted by molar-refractivity contribution is 5.78.